The third kappa shape index (κ3) is 8.91. The molecule has 0 radical (unpaired) electrons. The number of ether oxygens (including phenoxy) is 1. The lowest BCUT2D eigenvalue weighted by Crippen LogP contribution is -2.41. The zero-order valence-corrected chi connectivity index (χ0v) is 18.0. The second-order valence-electron chi connectivity index (χ2n) is 6.98. The van der Waals surface area contributed by atoms with Gasteiger partial charge in [-0.25, -0.2) is 4.79 Å². The Morgan fingerprint density at radius 3 is 2.71 bits per heavy atom. The van der Waals surface area contributed by atoms with Crippen LogP contribution in [-0.2, 0) is 4.74 Å². The molecule has 1 aliphatic heterocycles. The Balaban J connectivity index is 0.00000529. The van der Waals surface area contributed by atoms with Gasteiger partial charge in [-0.1, -0.05) is 6.92 Å². The van der Waals surface area contributed by atoms with Crippen LogP contribution in [0.4, 0.5) is 4.79 Å². The molecule has 0 aromatic carbocycles. The van der Waals surface area contributed by atoms with E-state index in [0.717, 1.165) is 19.6 Å². The van der Waals surface area contributed by atoms with Gasteiger partial charge in [0.25, 0.3) is 0 Å². The van der Waals surface area contributed by atoms with Crippen LogP contribution in [-0.4, -0.2) is 73.3 Å². The number of likely N-dealkylation sites (tertiary alicyclic amines) is 1. The maximum absolute atomic E-state index is 11.8. The summed E-state index contributed by atoms with van der Waals surface area (Å²) in [4.78, 5) is 20.2. The number of halogens is 1. The Morgan fingerprint density at radius 2 is 2.12 bits per heavy atom. The van der Waals surface area contributed by atoms with Crippen molar-refractivity contribution >= 4 is 36.0 Å². The van der Waals surface area contributed by atoms with Crippen LogP contribution in [0.15, 0.2) is 4.99 Å². The van der Waals surface area contributed by atoms with Crippen molar-refractivity contribution in [2.75, 3.05) is 39.8 Å². The van der Waals surface area contributed by atoms with Gasteiger partial charge in [-0.15, -0.1) is 24.0 Å². The van der Waals surface area contributed by atoms with Crippen LogP contribution in [0.5, 0.6) is 0 Å². The number of carbonyl (C=O) groups is 1. The van der Waals surface area contributed by atoms with Gasteiger partial charge in [-0.2, -0.15) is 0 Å². The molecule has 3 N–H and O–H groups in total. The van der Waals surface area contributed by atoms with E-state index in [2.05, 4.69) is 22.1 Å². The summed E-state index contributed by atoms with van der Waals surface area (Å²) in [5, 5.41) is 3.05. The highest BCUT2D eigenvalue weighted by atomic mass is 127. The second kappa shape index (κ2) is 11.0. The molecule has 142 valence electrons. The molecule has 1 heterocycles. The molecular formula is C16H34IN5O2. The first-order chi connectivity index (χ1) is 10.7. The molecule has 1 saturated heterocycles. The van der Waals surface area contributed by atoms with Crippen molar-refractivity contribution in [1.82, 2.24) is 15.1 Å². The van der Waals surface area contributed by atoms with Crippen molar-refractivity contribution < 1.29 is 9.53 Å². The quantitative estimate of drug-likeness (QED) is 0.363. The Kier molecular flexibility index (Phi) is 10.6. The summed E-state index contributed by atoms with van der Waals surface area (Å²) >= 11 is 0. The lowest BCUT2D eigenvalue weighted by Gasteiger charge is -2.24. The number of rotatable bonds is 6. The highest BCUT2D eigenvalue weighted by molar-refractivity contribution is 14.0. The van der Waals surface area contributed by atoms with Gasteiger partial charge in [0.2, 0.25) is 0 Å². The third-order valence-corrected chi connectivity index (χ3v) is 3.84. The number of hydrogen-bond donors (Lipinski definition) is 2. The van der Waals surface area contributed by atoms with Crippen LogP contribution >= 0.6 is 24.0 Å². The molecule has 7 nitrogen and oxygen atoms in total. The fourth-order valence-corrected chi connectivity index (χ4v) is 2.56. The predicted octanol–water partition coefficient (Wildman–Crippen LogP) is 1.86. The minimum atomic E-state index is -0.480. The summed E-state index contributed by atoms with van der Waals surface area (Å²) in [5.41, 5.74) is 5.41. The molecular weight excluding hydrogens is 421 g/mol. The number of aliphatic imine (C=N–C) groups is 1. The minimum Gasteiger partial charge on any atom is -0.444 e. The molecule has 0 aliphatic carbocycles. The van der Waals surface area contributed by atoms with Gasteiger partial charge in [0.15, 0.2) is 5.96 Å². The van der Waals surface area contributed by atoms with Crippen LogP contribution in [0.3, 0.4) is 0 Å². The predicted molar refractivity (Wildman–Crippen MR) is 109 cm³/mol. The van der Waals surface area contributed by atoms with E-state index in [-0.39, 0.29) is 30.1 Å². The summed E-state index contributed by atoms with van der Waals surface area (Å²) in [7, 11) is 1.71. The minimum absolute atomic E-state index is 0. The van der Waals surface area contributed by atoms with Gasteiger partial charge in [0.05, 0.1) is 6.54 Å². The standard InChI is InChI=1S/C16H33N5O2.HI/c1-6-21-10-7-8-13(21)12-19-14(17)18-9-11-20(5)15(22)23-16(2,3)4;/h13H,6-12H2,1-5H3,(H3,17,18,19);1H. The van der Waals surface area contributed by atoms with E-state index in [1.165, 1.54) is 17.7 Å². The average Bonchev–Trinajstić information content (AvgIpc) is 2.90. The highest BCUT2D eigenvalue weighted by Gasteiger charge is 2.22. The fraction of sp³-hybridized carbons (Fsp3) is 0.875. The van der Waals surface area contributed by atoms with Crippen molar-refractivity contribution in [2.45, 2.75) is 52.2 Å². The zero-order valence-electron chi connectivity index (χ0n) is 15.7. The summed E-state index contributed by atoms with van der Waals surface area (Å²) in [5.74, 6) is 0.436. The molecule has 0 bridgehead atoms. The van der Waals surface area contributed by atoms with Gasteiger partial charge in [0, 0.05) is 26.2 Å². The van der Waals surface area contributed by atoms with Crippen LogP contribution in [0.2, 0.25) is 0 Å². The van der Waals surface area contributed by atoms with Crippen LogP contribution < -0.4 is 11.1 Å². The van der Waals surface area contributed by atoms with Crippen LogP contribution in [0, 0.1) is 0 Å². The molecule has 0 aromatic heterocycles. The smallest absolute Gasteiger partial charge is 0.410 e. The van der Waals surface area contributed by atoms with Crippen molar-refractivity contribution in [3.05, 3.63) is 0 Å². The average molecular weight is 455 g/mol. The van der Waals surface area contributed by atoms with Crippen molar-refractivity contribution in [1.29, 1.82) is 0 Å². The molecule has 1 aliphatic rings. The number of carbonyl (C=O) groups excluding carboxylic acids is 1. The number of nitrogens with two attached hydrogens (primary N) is 1. The Bertz CT molecular complexity index is 412. The normalized spacial score (nSPS) is 18.9. The molecule has 1 rings (SSSR count). The van der Waals surface area contributed by atoms with Gasteiger partial charge in [0.1, 0.15) is 5.60 Å². The van der Waals surface area contributed by atoms with E-state index in [0.29, 0.717) is 25.1 Å². The molecule has 24 heavy (non-hydrogen) atoms. The molecule has 0 spiro atoms. The lowest BCUT2D eigenvalue weighted by atomic mass is 10.2. The maximum Gasteiger partial charge on any atom is 0.410 e. The molecule has 0 saturated carbocycles. The van der Waals surface area contributed by atoms with Crippen molar-refractivity contribution in [2.24, 2.45) is 10.7 Å². The number of guanidine groups is 1. The first-order valence-electron chi connectivity index (χ1n) is 8.45. The number of likely N-dealkylation sites (N-methyl/N-ethyl adjacent to an activating group) is 2. The first kappa shape index (κ1) is 23.2. The maximum atomic E-state index is 11.8. The summed E-state index contributed by atoms with van der Waals surface area (Å²) in [6.45, 7) is 11.7. The molecule has 1 atom stereocenters. The van der Waals surface area contributed by atoms with Gasteiger partial charge >= 0.3 is 6.09 Å². The van der Waals surface area contributed by atoms with E-state index in [4.69, 9.17) is 10.5 Å². The van der Waals surface area contributed by atoms with Crippen LogP contribution in [0.25, 0.3) is 0 Å². The largest absolute Gasteiger partial charge is 0.444 e. The molecule has 1 fully saturated rings. The van der Waals surface area contributed by atoms with Gasteiger partial charge < -0.3 is 20.7 Å². The Hall–Kier alpha value is -0.770. The lowest BCUT2D eigenvalue weighted by molar-refractivity contribution is 0.0302. The molecule has 1 unspecified atom stereocenters. The van der Waals surface area contributed by atoms with E-state index >= 15 is 0 Å². The molecule has 1 amide bonds. The molecule has 8 heteroatoms. The zero-order chi connectivity index (χ0) is 17.5. The Morgan fingerprint density at radius 1 is 1.46 bits per heavy atom. The van der Waals surface area contributed by atoms with Crippen LogP contribution in [0.1, 0.15) is 40.5 Å². The van der Waals surface area contributed by atoms with Crippen molar-refractivity contribution in [3.8, 4) is 0 Å². The highest BCUT2D eigenvalue weighted by Crippen LogP contribution is 2.16. The number of hydrogen-bond acceptors (Lipinski definition) is 4. The fourth-order valence-electron chi connectivity index (χ4n) is 2.56. The van der Waals surface area contributed by atoms with E-state index < -0.39 is 5.60 Å². The summed E-state index contributed by atoms with van der Waals surface area (Å²) in [6, 6.07) is 0.504. The number of amides is 1. The number of nitrogens with zero attached hydrogens (tertiary/aromatic N) is 3. The van der Waals surface area contributed by atoms with E-state index in [1.54, 1.807) is 7.05 Å². The molecule has 0 aromatic rings. The monoisotopic (exact) mass is 455 g/mol. The number of nitrogens with one attached hydrogen (secondary N) is 1. The Labute approximate surface area is 163 Å². The van der Waals surface area contributed by atoms with Gasteiger partial charge in [-0.05, 0) is 46.7 Å². The third-order valence-electron chi connectivity index (χ3n) is 3.84. The second-order valence-corrected chi connectivity index (χ2v) is 6.98. The SMILES string of the molecule is CCN1CCCC1CN=C(N)NCCN(C)C(=O)OC(C)(C)C.I. The van der Waals surface area contributed by atoms with Crippen molar-refractivity contribution in [3.63, 3.8) is 0 Å². The van der Waals surface area contributed by atoms with Gasteiger partial charge in [-0.3, -0.25) is 9.89 Å². The first-order valence-corrected chi connectivity index (χ1v) is 8.45. The topological polar surface area (TPSA) is 83.2 Å². The summed E-state index contributed by atoms with van der Waals surface area (Å²) in [6.07, 6.45) is 2.09. The van der Waals surface area contributed by atoms with E-state index in [9.17, 15) is 4.79 Å². The summed E-state index contributed by atoms with van der Waals surface area (Å²) < 4.78 is 5.29. The van der Waals surface area contributed by atoms with E-state index in [1.807, 2.05) is 20.8 Å².